The summed E-state index contributed by atoms with van der Waals surface area (Å²) in [4.78, 5) is 14.3. The highest BCUT2D eigenvalue weighted by Gasteiger charge is 2.36. The summed E-state index contributed by atoms with van der Waals surface area (Å²) in [5, 5.41) is 0. The van der Waals surface area contributed by atoms with Crippen LogP contribution < -0.4 is 5.73 Å². The van der Waals surface area contributed by atoms with E-state index in [1.807, 2.05) is 4.90 Å². The number of amides is 1. The largest absolute Gasteiger partial charge is 0.383 e. The van der Waals surface area contributed by atoms with Crippen molar-refractivity contribution in [2.75, 3.05) is 20.3 Å². The van der Waals surface area contributed by atoms with Gasteiger partial charge in [-0.15, -0.1) is 0 Å². The SMILES string of the molecule is COCCN(C(=O)CC(N)C1CC1)C(C)C1CC1. The van der Waals surface area contributed by atoms with E-state index in [2.05, 4.69) is 6.92 Å². The molecule has 2 atom stereocenters. The van der Waals surface area contributed by atoms with Crippen LogP contribution in [-0.4, -0.2) is 43.2 Å². The summed E-state index contributed by atoms with van der Waals surface area (Å²) in [6, 6.07) is 0.410. The number of rotatable bonds is 8. The second-order valence-corrected chi connectivity index (χ2v) is 5.86. The van der Waals surface area contributed by atoms with Gasteiger partial charge in [-0.3, -0.25) is 4.79 Å². The van der Waals surface area contributed by atoms with Gasteiger partial charge in [-0.2, -0.15) is 0 Å². The number of carbonyl (C=O) groups excluding carboxylic acids is 1. The van der Waals surface area contributed by atoms with Gasteiger partial charge in [-0.05, 0) is 44.4 Å². The lowest BCUT2D eigenvalue weighted by Crippen LogP contribution is -2.44. The summed E-state index contributed by atoms with van der Waals surface area (Å²) >= 11 is 0. The van der Waals surface area contributed by atoms with Crippen LogP contribution in [0.3, 0.4) is 0 Å². The van der Waals surface area contributed by atoms with Crippen molar-refractivity contribution in [2.24, 2.45) is 17.6 Å². The first-order valence-electron chi connectivity index (χ1n) is 7.17. The number of nitrogens with two attached hydrogens (primary N) is 1. The van der Waals surface area contributed by atoms with E-state index in [4.69, 9.17) is 10.5 Å². The number of hydrogen-bond donors (Lipinski definition) is 1. The molecule has 0 aliphatic heterocycles. The lowest BCUT2D eigenvalue weighted by molar-refractivity contribution is -0.134. The zero-order valence-electron chi connectivity index (χ0n) is 11.6. The summed E-state index contributed by atoms with van der Waals surface area (Å²) in [6.45, 7) is 3.47. The lowest BCUT2D eigenvalue weighted by Gasteiger charge is -2.30. The van der Waals surface area contributed by atoms with Crippen LogP contribution in [-0.2, 0) is 9.53 Å². The second kappa shape index (κ2) is 6.02. The fraction of sp³-hybridized carbons (Fsp3) is 0.929. The van der Waals surface area contributed by atoms with Gasteiger partial charge in [-0.1, -0.05) is 0 Å². The van der Waals surface area contributed by atoms with E-state index < -0.39 is 0 Å². The van der Waals surface area contributed by atoms with Crippen molar-refractivity contribution in [3.63, 3.8) is 0 Å². The molecule has 2 N–H and O–H groups in total. The molecule has 0 heterocycles. The number of nitrogens with zero attached hydrogens (tertiary/aromatic N) is 1. The second-order valence-electron chi connectivity index (χ2n) is 5.86. The summed E-state index contributed by atoms with van der Waals surface area (Å²) in [5.41, 5.74) is 6.06. The van der Waals surface area contributed by atoms with E-state index in [0.29, 0.717) is 37.5 Å². The van der Waals surface area contributed by atoms with E-state index in [0.717, 1.165) is 0 Å². The third-order valence-electron chi connectivity index (χ3n) is 4.29. The van der Waals surface area contributed by atoms with Gasteiger partial charge in [0.1, 0.15) is 0 Å². The average molecular weight is 254 g/mol. The Morgan fingerprint density at radius 1 is 1.33 bits per heavy atom. The molecule has 0 saturated heterocycles. The van der Waals surface area contributed by atoms with Gasteiger partial charge in [0, 0.05) is 32.2 Å². The van der Waals surface area contributed by atoms with Gasteiger partial charge in [0.15, 0.2) is 0 Å². The number of methoxy groups -OCH3 is 1. The zero-order valence-corrected chi connectivity index (χ0v) is 11.6. The van der Waals surface area contributed by atoms with Gasteiger partial charge in [-0.25, -0.2) is 0 Å². The molecule has 2 aliphatic rings. The van der Waals surface area contributed by atoms with Crippen LogP contribution in [0.4, 0.5) is 0 Å². The van der Waals surface area contributed by atoms with Crippen molar-refractivity contribution in [3.05, 3.63) is 0 Å². The van der Waals surface area contributed by atoms with Crippen molar-refractivity contribution in [1.82, 2.24) is 4.90 Å². The molecule has 0 spiro atoms. The Hall–Kier alpha value is -0.610. The molecule has 104 valence electrons. The molecule has 1 amide bonds. The van der Waals surface area contributed by atoms with Crippen molar-refractivity contribution < 1.29 is 9.53 Å². The van der Waals surface area contributed by atoms with Crippen LogP contribution >= 0.6 is 0 Å². The molecular formula is C14H26N2O2. The van der Waals surface area contributed by atoms with Gasteiger partial charge >= 0.3 is 0 Å². The smallest absolute Gasteiger partial charge is 0.224 e. The maximum absolute atomic E-state index is 12.4. The molecule has 2 rings (SSSR count). The van der Waals surface area contributed by atoms with E-state index in [-0.39, 0.29) is 11.9 Å². The Kier molecular flexibility index (Phi) is 4.62. The topological polar surface area (TPSA) is 55.6 Å². The molecule has 2 saturated carbocycles. The fourth-order valence-corrected chi connectivity index (χ4v) is 2.59. The van der Waals surface area contributed by atoms with Crippen molar-refractivity contribution in [1.29, 1.82) is 0 Å². The Morgan fingerprint density at radius 3 is 2.44 bits per heavy atom. The van der Waals surface area contributed by atoms with E-state index >= 15 is 0 Å². The molecule has 0 radical (unpaired) electrons. The van der Waals surface area contributed by atoms with Crippen molar-refractivity contribution >= 4 is 5.91 Å². The van der Waals surface area contributed by atoms with Gasteiger partial charge < -0.3 is 15.4 Å². The minimum absolute atomic E-state index is 0.0638. The molecule has 2 unspecified atom stereocenters. The zero-order chi connectivity index (χ0) is 13.1. The predicted molar refractivity (Wildman–Crippen MR) is 71.1 cm³/mol. The summed E-state index contributed by atoms with van der Waals surface area (Å²) in [7, 11) is 1.68. The van der Waals surface area contributed by atoms with Crippen molar-refractivity contribution in [3.8, 4) is 0 Å². The normalized spacial score (nSPS) is 22.6. The molecule has 0 aromatic rings. The Labute approximate surface area is 110 Å². The van der Waals surface area contributed by atoms with E-state index in [1.54, 1.807) is 7.11 Å². The molecule has 2 aliphatic carbocycles. The molecule has 18 heavy (non-hydrogen) atoms. The monoisotopic (exact) mass is 254 g/mol. The Balaban J connectivity index is 1.86. The van der Waals surface area contributed by atoms with Crippen LogP contribution in [0.15, 0.2) is 0 Å². The minimum atomic E-state index is 0.0638. The van der Waals surface area contributed by atoms with Gasteiger partial charge in [0.05, 0.1) is 6.61 Å². The highest BCUT2D eigenvalue weighted by atomic mass is 16.5. The maximum atomic E-state index is 12.4. The van der Waals surface area contributed by atoms with Crippen LogP contribution in [0.25, 0.3) is 0 Å². The lowest BCUT2D eigenvalue weighted by atomic mass is 10.1. The van der Waals surface area contributed by atoms with Gasteiger partial charge in [0.25, 0.3) is 0 Å². The molecule has 4 nitrogen and oxygen atoms in total. The molecule has 2 fully saturated rings. The highest BCUT2D eigenvalue weighted by Crippen LogP contribution is 2.36. The third-order valence-corrected chi connectivity index (χ3v) is 4.29. The fourth-order valence-electron chi connectivity index (χ4n) is 2.59. The first-order valence-corrected chi connectivity index (χ1v) is 7.17. The van der Waals surface area contributed by atoms with Crippen molar-refractivity contribution in [2.45, 2.75) is 51.1 Å². The third kappa shape index (κ3) is 3.69. The number of ether oxygens (including phenoxy) is 1. The van der Waals surface area contributed by atoms with Crippen LogP contribution in [0, 0.1) is 11.8 Å². The Bertz CT molecular complexity index is 288. The predicted octanol–water partition coefficient (Wildman–Crippen LogP) is 1.39. The number of hydrogen-bond acceptors (Lipinski definition) is 3. The minimum Gasteiger partial charge on any atom is -0.383 e. The molecule has 0 bridgehead atoms. The van der Waals surface area contributed by atoms with Crippen LogP contribution in [0.2, 0.25) is 0 Å². The number of carbonyl (C=O) groups is 1. The average Bonchev–Trinajstić information content (AvgIpc) is 3.20. The highest BCUT2D eigenvalue weighted by molar-refractivity contribution is 5.77. The summed E-state index contributed by atoms with van der Waals surface area (Å²) in [6.07, 6.45) is 5.42. The van der Waals surface area contributed by atoms with E-state index in [1.165, 1.54) is 25.7 Å². The standard InChI is InChI=1S/C14H26N2O2/c1-10(11-3-4-11)16(7-8-18-2)14(17)9-13(15)12-5-6-12/h10-13H,3-9,15H2,1-2H3. The van der Waals surface area contributed by atoms with Crippen LogP contribution in [0.1, 0.15) is 39.0 Å². The first kappa shape index (κ1) is 13.8. The molecule has 4 heteroatoms. The Morgan fingerprint density at radius 2 is 1.94 bits per heavy atom. The van der Waals surface area contributed by atoms with E-state index in [9.17, 15) is 4.79 Å². The first-order chi connectivity index (χ1) is 8.63. The summed E-state index contributed by atoms with van der Waals surface area (Å²) < 4.78 is 5.11. The molecule has 0 aromatic carbocycles. The summed E-state index contributed by atoms with van der Waals surface area (Å²) in [5.74, 6) is 1.50. The van der Waals surface area contributed by atoms with Crippen LogP contribution in [0.5, 0.6) is 0 Å². The van der Waals surface area contributed by atoms with Gasteiger partial charge in [0.2, 0.25) is 5.91 Å². The quantitative estimate of drug-likeness (QED) is 0.712. The molecule has 0 aromatic heterocycles. The molecular weight excluding hydrogens is 228 g/mol. The maximum Gasteiger partial charge on any atom is 0.224 e.